The van der Waals surface area contributed by atoms with Crippen LogP contribution < -0.4 is 4.90 Å². The van der Waals surface area contributed by atoms with E-state index in [1.807, 2.05) is 15.7 Å². The van der Waals surface area contributed by atoms with Crippen molar-refractivity contribution >= 4 is 26.7 Å². The zero-order valence-corrected chi connectivity index (χ0v) is 12.8. The van der Waals surface area contributed by atoms with Crippen molar-refractivity contribution in [3.63, 3.8) is 0 Å². The predicted molar refractivity (Wildman–Crippen MR) is 82.6 cm³/mol. The molecule has 0 aliphatic carbocycles. The molecule has 2 aromatic heterocycles. The number of para-hydroxylation sites is 1. The Labute approximate surface area is 134 Å². The molecule has 0 amide bonds. The van der Waals surface area contributed by atoms with Crippen molar-refractivity contribution in [1.82, 2.24) is 14.5 Å². The van der Waals surface area contributed by atoms with E-state index in [9.17, 15) is 13.2 Å². The molecule has 1 fully saturated rings. The van der Waals surface area contributed by atoms with Crippen LogP contribution in [0.15, 0.2) is 36.9 Å². The van der Waals surface area contributed by atoms with Crippen LogP contribution in [0.5, 0.6) is 0 Å². The van der Waals surface area contributed by atoms with Crippen LogP contribution in [0.25, 0.3) is 10.2 Å². The lowest BCUT2D eigenvalue weighted by molar-refractivity contribution is -0.136. The Balaban J connectivity index is 1.53. The van der Waals surface area contributed by atoms with E-state index in [0.717, 1.165) is 25.7 Å². The monoisotopic (exact) mass is 338 g/mol. The molecule has 1 saturated heterocycles. The molecule has 0 saturated carbocycles. The van der Waals surface area contributed by atoms with Crippen molar-refractivity contribution in [1.29, 1.82) is 0 Å². The maximum atomic E-state index is 13.0. The van der Waals surface area contributed by atoms with E-state index < -0.39 is 11.7 Å². The first-order valence-corrected chi connectivity index (χ1v) is 8.00. The lowest BCUT2D eigenvalue weighted by Gasteiger charge is -2.39. The Morgan fingerprint density at radius 2 is 2.09 bits per heavy atom. The minimum absolute atomic E-state index is 0.0538. The standard InChI is InChI=1S/C15H13F3N4S/c16-15(17,18)11-2-1-3-12-13(11)20-14(23-12)22-7-10(8-22)6-21-5-4-19-9-21/h1-5,9-10H,6-8H2. The maximum Gasteiger partial charge on any atom is 0.418 e. The number of hydrogen-bond donors (Lipinski definition) is 0. The lowest BCUT2D eigenvalue weighted by atomic mass is 10.0. The molecule has 8 heteroatoms. The molecule has 0 unspecified atom stereocenters. The topological polar surface area (TPSA) is 34.0 Å². The third-order valence-corrected chi connectivity index (χ3v) is 5.05. The van der Waals surface area contributed by atoms with E-state index in [-0.39, 0.29) is 5.52 Å². The van der Waals surface area contributed by atoms with Crippen LogP contribution in [0.3, 0.4) is 0 Å². The van der Waals surface area contributed by atoms with E-state index in [2.05, 4.69) is 9.97 Å². The number of aromatic nitrogens is 3. The zero-order valence-electron chi connectivity index (χ0n) is 12.0. The summed E-state index contributed by atoms with van der Waals surface area (Å²) in [5.74, 6) is 0.471. The Hall–Kier alpha value is -2.09. The first-order valence-electron chi connectivity index (χ1n) is 7.18. The first kappa shape index (κ1) is 14.5. The number of hydrogen-bond acceptors (Lipinski definition) is 4. The SMILES string of the molecule is FC(F)(F)c1cccc2sc(N3CC(Cn4ccnc4)C3)nc12. The molecule has 0 radical (unpaired) electrons. The molecule has 3 aromatic rings. The summed E-state index contributed by atoms with van der Waals surface area (Å²) < 4.78 is 41.7. The molecule has 120 valence electrons. The number of benzene rings is 1. The van der Waals surface area contributed by atoms with Crippen LogP contribution in [0.2, 0.25) is 0 Å². The van der Waals surface area contributed by atoms with Crippen LogP contribution in [-0.2, 0) is 12.7 Å². The van der Waals surface area contributed by atoms with E-state index >= 15 is 0 Å². The molecule has 3 heterocycles. The Morgan fingerprint density at radius 1 is 1.26 bits per heavy atom. The summed E-state index contributed by atoms with van der Waals surface area (Å²) >= 11 is 1.32. The predicted octanol–water partition coefficient (Wildman–Crippen LogP) is 3.65. The molecular formula is C15H13F3N4S. The first-order chi connectivity index (χ1) is 11.0. The number of halogens is 3. The van der Waals surface area contributed by atoms with E-state index in [1.54, 1.807) is 18.6 Å². The number of fused-ring (bicyclic) bond motifs is 1. The highest BCUT2D eigenvalue weighted by Crippen LogP contribution is 2.39. The Bertz CT molecular complexity index is 819. The Morgan fingerprint density at radius 3 is 2.78 bits per heavy atom. The molecular weight excluding hydrogens is 325 g/mol. The van der Waals surface area contributed by atoms with Gasteiger partial charge in [0, 0.05) is 37.9 Å². The van der Waals surface area contributed by atoms with Crippen LogP contribution in [0, 0.1) is 5.92 Å². The molecule has 0 bridgehead atoms. The highest BCUT2D eigenvalue weighted by atomic mass is 32.1. The van der Waals surface area contributed by atoms with Gasteiger partial charge in [0.15, 0.2) is 5.13 Å². The van der Waals surface area contributed by atoms with E-state index in [0.29, 0.717) is 15.7 Å². The van der Waals surface area contributed by atoms with Gasteiger partial charge in [0.2, 0.25) is 0 Å². The van der Waals surface area contributed by atoms with Crippen LogP contribution in [0.1, 0.15) is 5.56 Å². The second-order valence-corrected chi connectivity index (χ2v) is 6.69. The molecule has 4 nitrogen and oxygen atoms in total. The molecule has 1 aliphatic rings. The minimum Gasteiger partial charge on any atom is -0.347 e. The summed E-state index contributed by atoms with van der Waals surface area (Å²) in [4.78, 5) is 10.3. The summed E-state index contributed by atoms with van der Waals surface area (Å²) in [5.41, 5.74) is -0.606. The highest BCUT2D eigenvalue weighted by Gasteiger charge is 2.35. The van der Waals surface area contributed by atoms with Crippen LogP contribution >= 0.6 is 11.3 Å². The van der Waals surface area contributed by atoms with Crippen molar-refractivity contribution in [2.75, 3.05) is 18.0 Å². The molecule has 0 atom stereocenters. The van der Waals surface area contributed by atoms with Gasteiger partial charge in [0.25, 0.3) is 0 Å². The fourth-order valence-corrected chi connectivity index (χ4v) is 3.85. The summed E-state index contributed by atoms with van der Waals surface area (Å²) in [7, 11) is 0. The van der Waals surface area contributed by atoms with Crippen molar-refractivity contribution in [2.24, 2.45) is 5.92 Å². The quantitative estimate of drug-likeness (QED) is 0.731. The van der Waals surface area contributed by atoms with Gasteiger partial charge in [0.05, 0.1) is 22.1 Å². The molecule has 1 aliphatic heterocycles. The summed E-state index contributed by atoms with van der Waals surface area (Å²) in [5, 5.41) is 0.665. The van der Waals surface area contributed by atoms with Crippen LogP contribution in [0.4, 0.5) is 18.3 Å². The summed E-state index contributed by atoms with van der Waals surface area (Å²) in [6, 6.07) is 4.21. The number of rotatable bonds is 3. The van der Waals surface area contributed by atoms with Crippen LogP contribution in [-0.4, -0.2) is 27.6 Å². The van der Waals surface area contributed by atoms with Crippen molar-refractivity contribution < 1.29 is 13.2 Å². The molecule has 23 heavy (non-hydrogen) atoms. The average molecular weight is 338 g/mol. The smallest absolute Gasteiger partial charge is 0.347 e. The largest absolute Gasteiger partial charge is 0.418 e. The van der Waals surface area contributed by atoms with Gasteiger partial charge < -0.3 is 9.47 Å². The van der Waals surface area contributed by atoms with Gasteiger partial charge in [-0.3, -0.25) is 0 Å². The van der Waals surface area contributed by atoms with Crippen molar-refractivity contribution in [3.8, 4) is 0 Å². The molecule has 1 aromatic carbocycles. The number of nitrogens with zero attached hydrogens (tertiary/aromatic N) is 4. The second kappa shape index (κ2) is 5.23. The second-order valence-electron chi connectivity index (χ2n) is 5.68. The van der Waals surface area contributed by atoms with Crippen molar-refractivity contribution in [3.05, 3.63) is 42.5 Å². The lowest BCUT2D eigenvalue weighted by Crippen LogP contribution is -2.48. The third kappa shape index (κ3) is 2.67. The number of alkyl halides is 3. The van der Waals surface area contributed by atoms with Gasteiger partial charge in [-0.1, -0.05) is 17.4 Å². The fourth-order valence-electron chi connectivity index (χ4n) is 2.84. The van der Waals surface area contributed by atoms with E-state index in [1.165, 1.54) is 17.4 Å². The minimum atomic E-state index is -4.37. The summed E-state index contributed by atoms with van der Waals surface area (Å²) in [6.07, 6.45) is 1.05. The van der Waals surface area contributed by atoms with Gasteiger partial charge in [-0.2, -0.15) is 13.2 Å². The van der Waals surface area contributed by atoms with Gasteiger partial charge >= 0.3 is 6.18 Å². The maximum absolute atomic E-state index is 13.0. The average Bonchev–Trinajstić information content (AvgIpc) is 3.09. The summed E-state index contributed by atoms with van der Waals surface area (Å²) in [6.45, 7) is 2.48. The Kier molecular flexibility index (Phi) is 3.29. The molecule has 0 N–H and O–H groups in total. The zero-order chi connectivity index (χ0) is 16.0. The van der Waals surface area contributed by atoms with E-state index in [4.69, 9.17) is 0 Å². The van der Waals surface area contributed by atoms with Gasteiger partial charge in [-0.15, -0.1) is 0 Å². The molecule has 4 rings (SSSR count). The number of anilines is 1. The van der Waals surface area contributed by atoms with Gasteiger partial charge in [-0.05, 0) is 12.1 Å². The third-order valence-electron chi connectivity index (χ3n) is 3.97. The van der Waals surface area contributed by atoms with Gasteiger partial charge in [0.1, 0.15) is 0 Å². The number of thiazole rings is 1. The highest BCUT2D eigenvalue weighted by molar-refractivity contribution is 7.22. The molecule has 0 spiro atoms. The normalized spacial score (nSPS) is 16.0. The van der Waals surface area contributed by atoms with Crippen molar-refractivity contribution in [2.45, 2.75) is 12.7 Å². The fraction of sp³-hybridized carbons (Fsp3) is 0.333. The van der Waals surface area contributed by atoms with Gasteiger partial charge in [-0.25, -0.2) is 9.97 Å². The number of imidazole rings is 1.